The monoisotopic (exact) mass is 386 g/mol. The van der Waals surface area contributed by atoms with Gasteiger partial charge in [0.2, 0.25) is 15.9 Å². The lowest BCUT2D eigenvalue weighted by Gasteiger charge is -2.17. The highest BCUT2D eigenvalue weighted by atomic mass is 32.2. The van der Waals surface area contributed by atoms with Gasteiger partial charge in [-0.2, -0.15) is 17.5 Å². The van der Waals surface area contributed by atoms with Gasteiger partial charge in [-0.05, 0) is 30.2 Å². The van der Waals surface area contributed by atoms with Crippen molar-refractivity contribution in [3.05, 3.63) is 59.8 Å². The van der Waals surface area contributed by atoms with Crippen LogP contribution in [0.25, 0.3) is 0 Å². The number of ether oxygens (including phenoxy) is 1. The fourth-order valence-electron chi connectivity index (χ4n) is 2.73. The quantitative estimate of drug-likeness (QED) is 0.792. The van der Waals surface area contributed by atoms with E-state index in [1.165, 1.54) is 16.4 Å². The maximum Gasteiger partial charge on any atom is 0.416 e. The maximum atomic E-state index is 12.6. The number of pyridine rings is 1. The van der Waals surface area contributed by atoms with Crippen LogP contribution in [0.5, 0.6) is 5.88 Å². The Labute approximate surface area is 149 Å². The molecule has 1 aliphatic heterocycles. The summed E-state index contributed by atoms with van der Waals surface area (Å²) in [5.41, 5.74) is -0.490. The van der Waals surface area contributed by atoms with Crippen molar-refractivity contribution in [2.24, 2.45) is 0 Å². The third-order valence-corrected chi connectivity index (χ3v) is 5.87. The van der Waals surface area contributed by atoms with Crippen molar-refractivity contribution in [3.63, 3.8) is 0 Å². The summed E-state index contributed by atoms with van der Waals surface area (Å²) in [6.45, 7) is 0.500. The Bertz CT molecular complexity index is 840. The van der Waals surface area contributed by atoms with E-state index in [9.17, 15) is 21.6 Å². The molecule has 1 saturated heterocycles. The highest BCUT2D eigenvalue weighted by molar-refractivity contribution is 7.88. The number of halogens is 3. The minimum Gasteiger partial charge on any atom is -0.473 e. The molecule has 1 aromatic carbocycles. The number of sulfonamides is 1. The van der Waals surface area contributed by atoms with Crippen LogP contribution in [0.1, 0.15) is 17.5 Å². The number of aromatic nitrogens is 1. The normalized spacial score (nSPS) is 18.8. The number of hydrogen-bond acceptors (Lipinski definition) is 4. The van der Waals surface area contributed by atoms with E-state index in [2.05, 4.69) is 4.98 Å². The van der Waals surface area contributed by atoms with Gasteiger partial charge < -0.3 is 4.74 Å². The van der Waals surface area contributed by atoms with Gasteiger partial charge in [0.1, 0.15) is 6.10 Å². The molecule has 0 N–H and O–H groups in total. The summed E-state index contributed by atoms with van der Waals surface area (Å²) in [4.78, 5) is 4.04. The molecule has 1 aromatic heterocycles. The molecule has 5 nitrogen and oxygen atoms in total. The molecule has 9 heteroatoms. The summed E-state index contributed by atoms with van der Waals surface area (Å²) >= 11 is 0. The number of rotatable bonds is 5. The van der Waals surface area contributed by atoms with Crippen LogP contribution >= 0.6 is 0 Å². The van der Waals surface area contributed by atoms with E-state index in [-0.39, 0.29) is 18.4 Å². The predicted molar refractivity (Wildman–Crippen MR) is 88.9 cm³/mol. The molecule has 26 heavy (non-hydrogen) atoms. The molecule has 0 bridgehead atoms. The van der Waals surface area contributed by atoms with Crippen molar-refractivity contribution in [2.75, 3.05) is 13.1 Å². The van der Waals surface area contributed by atoms with Crippen molar-refractivity contribution in [2.45, 2.75) is 24.5 Å². The molecule has 1 fully saturated rings. The zero-order chi connectivity index (χ0) is 18.8. The fourth-order valence-corrected chi connectivity index (χ4v) is 4.30. The topological polar surface area (TPSA) is 59.5 Å². The molecule has 1 unspecified atom stereocenters. The average molecular weight is 386 g/mol. The Morgan fingerprint density at radius 3 is 2.50 bits per heavy atom. The summed E-state index contributed by atoms with van der Waals surface area (Å²) in [7, 11) is -3.63. The molecule has 1 atom stereocenters. The van der Waals surface area contributed by atoms with Crippen molar-refractivity contribution < 1.29 is 26.3 Å². The summed E-state index contributed by atoms with van der Waals surface area (Å²) in [5, 5.41) is 0. The second kappa shape index (κ2) is 7.24. The lowest BCUT2D eigenvalue weighted by Crippen LogP contribution is -2.32. The Morgan fingerprint density at radius 2 is 1.88 bits per heavy atom. The first kappa shape index (κ1) is 18.7. The van der Waals surface area contributed by atoms with Gasteiger partial charge >= 0.3 is 6.18 Å². The van der Waals surface area contributed by atoms with E-state index in [0.717, 1.165) is 12.1 Å². The zero-order valence-electron chi connectivity index (χ0n) is 13.7. The highest BCUT2D eigenvalue weighted by Crippen LogP contribution is 2.29. The Kier molecular flexibility index (Phi) is 5.19. The summed E-state index contributed by atoms with van der Waals surface area (Å²) < 4.78 is 69.7. The summed E-state index contributed by atoms with van der Waals surface area (Å²) in [6, 6.07) is 9.39. The molecular formula is C17H17F3N2O3S. The Morgan fingerprint density at radius 1 is 1.15 bits per heavy atom. The molecule has 0 saturated carbocycles. The summed E-state index contributed by atoms with van der Waals surface area (Å²) in [6.07, 6.45) is -2.62. The first-order chi connectivity index (χ1) is 12.2. The van der Waals surface area contributed by atoms with Gasteiger partial charge in [-0.25, -0.2) is 13.4 Å². The summed E-state index contributed by atoms with van der Waals surface area (Å²) in [5.74, 6) is 0.0843. The predicted octanol–water partition coefficient (Wildman–Crippen LogP) is 3.08. The number of nitrogens with zero attached hydrogens (tertiary/aromatic N) is 2. The van der Waals surface area contributed by atoms with Crippen LogP contribution in [0.3, 0.4) is 0 Å². The fraction of sp³-hybridized carbons (Fsp3) is 0.353. The molecule has 0 radical (unpaired) electrons. The minimum atomic E-state index is -4.44. The largest absolute Gasteiger partial charge is 0.473 e. The lowest BCUT2D eigenvalue weighted by atomic mass is 10.1. The van der Waals surface area contributed by atoms with Gasteiger partial charge in [-0.15, -0.1) is 0 Å². The molecule has 2 aromatic rings. The van der Waals surface area contributed by atoms with Gasteiger partial charge in [-0.1, -0.05) is 18.2 Å². The van der Waals surface area contributed by atoms with E-state index in [1.807, 2.05) is 0 Å². The number of benzene rings is 1. The van der Waals surface area contributed by atoms with Crippen LogP contribution in [0, 0.1) is 0 Å². The molecule has 0 aliphatic carbocycles. The third kappa shape index (κ3) is 4.53. The van der Waals surface area contributed by atoms with Crippen LogP contribution < -0.4 is 4.74 Å². The second-order valence-corrected chi connectivity index (χ2v) is 7.97. The first-order valence-corrected chi connectivity index (χ1v) is 9.56. The molecular weight excluding hydrogens is 369 g/mol. The van der Waals surface area contributed by atoms with Crippen molar-refractivity contribution in [3.8, 4) is 5.88 Å². The number of alkyl halides is 3. The molecule has 3 rings (SSSR count). The van der Waals surface area contributed by atoms with Crippen LogP contribution in [0.15, 0.2) is 48.7 Å². The van der Waals surface area contributed by atoms with Gasteiger partial charge in [0.05, 0.1) is 17.9 Å². The standard InChI is InChI=1S/C17H17F3N2O3S/c18-17(19,20)14-6-4-13(5-7-14)12-26(23,24)22-10-8-15(11-22)25-16-3-1-2-9-21-16/h1-7,9,15H,8,10-12H2. The van der Waals surface area contributed by atoms with Gasteiger partial charge in [0.15, 0.2) is 0 Å². The Hall–Kier alpha value is -2.13. The zero-order valence-corrected chi connectivity index (χ0v) is 14.5. The van der Waals surface area contributed by atoms with Crippen LogP contribution in [-0.4, -0.2) is 36.9 Å². The van der Waals surface area contributed by atoms with Crippen molar-refractivity contribution in [1.82, 2.24) is 9.29 Å². The molecule has 1 aliphatic rings. The molecule has 2 heterocycles. The smallest absolute Gasteiger partial charge is 0.416 e. The highest BCUT2D eigenvalue weighted by Gasteiger charge is 2.33. The molecule has 0 amide bonds. The van der Waals surface area contributed by atoms with Gasteiger partial charge in [0.25, 0.3) is 0 Å². The van der Waals surface area contributed by atoms with E-state index >= 15 is 0 Å². The lowest BCUT2D eigenvalue weighted by molar-refractivity contribution is -0.137. The van der Waals surface area contributed by atoms with Crippen LogP contribution in [0.2, 0.25) is 0 Å². The van der Waals surface area contributed by atoms with E-state index < -0.39 is 21.8 Å². The van der Waals surface area contributed by atoms with Crippen molar-refractivity contribution in [1.29, 1.82) is 0 Å². The third-order valence-electron chi connectivity index (χ3n) is 4.06. The van der Waals surface area contributed by atoms with E-state index in [4.69, 9.17) is 4.74 Å². The van der Waals surface area contributed by atoms with Crippen LogP contribution in [0.4, 0.5) is 13.2 Å². The molecule has 140 valence electrons. The SMILES string of the molecule is O=S(=O)(Cc1ccc(C(F)(F)F)cc1)N1CCC(Oc2ccccn2)C1. The molecule has 0 spiro atoms. The van der Waals surface area contributed by atoms with Crippen LogP contribution in [-0.2, 0) is 22.0 Å². The first-order valence-electron chi connectivity index (χ1n) is 7.96. The minimum absolute atomic E-state index is 0.194. The maximum absolute atomic E-state index is 12.6. The van der Waals surface area contributed by atoms with E-state index in [0.29, 0.717) is 24.4 Å². The van der Waals surface area contributed by atoms with Gasteiger partial charge in [-0.3, -0.25) is 0 Å². The number of hydrogen-bond donors (Lipinski definition) is 0. The van der Waals surface area contributed by atoms with Crippen molar-refractivity contribution >= 4 is 10.0 Å². The van der Waals surface area contributed by atoms with E-state index in [1.54, 1.807) is 24.4 Å². The average Bonchev–Trinajstić information content (AvgIpc) is 3.04. The van der Waals surface area contributed by atoms with Gasteiger partial charge in [0, 0.05) is 18.8 Å². The Balaban J connectivity index is 1.62. The second-order valence-electron chi connectivity index (χ2n) is 6.01.